The van der Waals surface area contributed by atoms with Crippen LogP contribution in [0.3, 0.4) is 0 Å². The average Bonchev–Trinajstić information content (AvgIpc) is 3.38. The van der Waals surface area contributed by atoms with Gasteiger partial charge >= 0.3 is 5.97 Å². The molecule has 0 aromatic rings. The molecule has 2 saturated carbocycles. The summed E-state index contributed by atoms with van der Waals surface area (Å²) in [6, 6.07) is 0. The molecule has 0 amide bonds. The van der Waals surface area contributed by atoms with E-state index in [-0.39, 0.29) is 17.5 Å². The Hall–Kier alpha value is -1.83. The lowest BCUT2D eigenvalue weighted by molar-refractivity contribution is -0.158. The molecule has 0 aliphatic heterocycles. The third-order valence-corrected chi connectivity index (χ3v) is 15.4. The Kier molecular flexibility index (Phi) is 16.0. The number of hydrogen-bond donors (Lipinski definition) is 0. The van der Waals surface area contributed by atoms with E-state index in [1.807, 2.05) is 11.1 Å². The molecule has 0 aromatic heterocycles. The predicted octanol–water partition coefficient (Wildman–Crippen LogP) is 15.0. The van der Waals surface area contributed by atoms with Gasteiger partial charge in [0.05, 0.1) is 0 Å². The molecule has 0 spiro atoms. The Balaban J connectivity index is 1.22. The summed E-state index contributed by atoms with van der Waals surface area (Å²) in [4.78, 5) is 13.0. The summed E-state index contributed by atoms with van der Waals surface area (Å²) in [6.07, 6.45) is 38.5. The molecule has 8 unspecified atom stereocenters. The van der Waals surface area contributed by atoms with Crippen LogP contribution in [0.4, 0.5) is 0 Å². The fraction of sp³-hybridized carbons (Fsp3) is 0.776. The average molecular weight is 701 g/mol. The van der Waals surface area contributed by atoms with Gasteiger partial charge in [0, 0.05) is 6.42 Å². The van der Waals surface area contributed by atoms with Crippen molar-refractivity contribution in [1.29, 1.82) is 0 Å². The minimum atomic E-state index is 0.0510. The third kappa shape index (κ3) is 9.84. The largest absolute Gasteiger partial charge is 0.462 e. The standard InChI is InChI=1S/C49H80O2/c1-10-12-13-14-15-16-17-18-19-20-21-22-23-24-25-26-46(50)51-45-33-34-47(7)42(39(45)6)29-30-44-43(47)32-36-48(8)41(31-35-49(44,48)9)38(5)27-28-40(11-2)37(3)4/h12-13,15-16,18-19,38-39,41-42,45H,10-11,14,17,20-36H2,1-9H3. The Morgan fingerprint density at radius 1 is 0.804 bits per heavy atom. The van der Waals surface area contributed by atoms with Crippen molar-refractivity contribution in [3.05, 3.63) is 58.7 Å². The minimum absolute atomic E-state index is 0.0510. The second kappa shape index (κ2) is 19.5. The van der Waals surface area contributed by atoms with Gasteiger partial charge in [-0.15, -0.1) is 0 Å². The zero-order valence-electron chi connectivity index (χ0n) is 35.0. The fourth-order valence-electron chi connectivity index (χ4n) is 11.9. The lowest BCUT2D eigenvalue weighted by atomic mass is 9.45. The van der Waals surface area contributed by atoms with Gasteiger partial charge in [0.25, 0.3) is 0 Å². The molecule has 2 nitrogen and oxygen atoms in total. The van der Waals surface area contributed by atoms with Crippen molar-refractivity contribution in [2.45, 2.75) is 203 Å². The molecule has 0 saturated heterocycles. The first-order valence-corrected chi connectivity index (χ1v) is 22.0. The molecule has 0 radical (unpaired) electrons. The summed E-state index contributed by atoms with van der Waals surface area (Å²) in [7, 11) is 0. The van der Waals surface area contributed by atoms with E-state index in [1.54, 1.807) is 11.1 Å². The van der Waals surface area contributed by atoms with Gasteiger partial charge in [-0.2, -0.15) is 0 Å². The molecular weight excluding hydrogens is 621 g/mol. The molecule has 4 rings (SSSR count). The fourth-order valence-corrected chi connectivity index (χ4v) is 11.9. The smallest absolute Gasteiger partial charge is 0.306 e. The molecule has 0 heterocycles. The number of fused-ring (bicyclic) bond motifs is 4. The summed E-state index contributed by atoms with van der Waals surface area (Å²) in [6.45, 7) is 22.1. The van der Waals surface area contributed by atoms with Gasteiger partial charge in [-0.25, -0.2) is 0 Å². The van der Waals surface area contributed by atoms with Crippen LogP contribution in [0, 0.1) is 39.9 Å². The van der Waals surface area contributed by atoms with Crippen LogP contribution in [-0.2, 0) is 9.53 Å². The second-order valence-corrected chi connectivity index (χ2v) is 18.4. The van der Waals surface area contributed by atoms with Crippen LogP contribution in [-0.4, -0.2) is 12.1 Å². The molecule has 4 aliphatic rings. The van der Waals surface area contributed by atoms with Crippen LogP contribution in [0.25, 0.3) is 0 Å². The Bertz CT molecular complexity index is 1270. The van der Waals surface area contributed by atoms with E-state index in [1.165, 1.54) is 89.9 Å². The highest BCUT2D eigenvalue weighted by atomic mass is 16.5. The summed E-state index contributed by atoms with van der Waals surface area (Å²) in [5.41, 5.74) is 8.01. The van der Waals surface area contributed by atoms with E-state index in [2.05, 4.69) is 98.8 Å². The molecular formula is C49H80O2. The molecule has 8 atom stereocenters. The van der Waals surface area contributed by atoms with E-state index < -0.39 is 0 Å². The third-order valence-electron chi connectivity index (χ3n) is 15.4. The van der Waals surface area contributed by atoms with Gasteiger partial charge in [-0.3, -0.25) is 4.79 Å². The van der Waals surface area contributed by atoms with E-state index in [9.17, 15) is 4.79 Å². The molecule has 288 valence electrons. The van der Waals surface area contributed by atoms with Gasteiger partial charge in [0.15, 0.2) is 0 Å². The van der Waals surface area contributed by atoms with Crippen molar-refractivity contribution >= 4 is 5.97 Å². The Labute approximate surface area is 316 Å². The predicted molar refractivity (Wildman–Crippen MR) is 221 cm³/mol. The number of hydrogen-bond acceptors (Lipinski definition) is 2. The minimum Gasteiger partial charge on any atom is -0.462 e. The Morgan fingerprint density at radius 3 is 2.20 bits per heavy atom. The number of ether oxygens (including phenoxy) is 1. The van der Waals surface area contributed by atoms with Crippen molar-refractivity contribution in [2.75, 3.05) is 0 Å². The van der Waals surface area contributed by atoms with Gasteiger partial charge < -0.3 is 4.74 Å². The first-order chi connectivity index (χ1) is 24.4. The molecule has 0 bridgehead atoms. The maximum atomic E-state index is 13.0. The molecule has 4 aliphatic carbocycles. The van der Waals surface area contributed by atoms with Crippen molar-refractivity contribution in [1.82, 2.24) is 0 Å². The number of carbonyl (C=O) groups is 1. The van der Waals surface area contributed by atoms with E-state index in [0.29, 0.717) is 29.1 Å². The summed E-state index contributed by atoms with van der Waals surface area (Å²) in [5, 5.41) is 0. The molecule has 51 heavy (non-hydrogen) atoms. The van der Waals surface area contributed by atoms with Crippen LogP contribution in [0.5, 0.6) is 0 Å². The van der Waals surface area contributed by atoms with Crippen molar-refractivity contribution in [3.63, 3.8) is 0 Å². The lowest BCUT2D eigenvalue weighted by Crippen LogP contribution is -2.52. The zero-order chi connectivity index (χ0) is 37.1. The van der Waals surface area contributed by atoms with Gasteiger partial charge in [0.2, 0.25) is 0 Å². The van der Waals surface area contributed by atoms with Crippen LogP contribution in [0.2, 0.25) is 0 Å². The van der Waals surface area contributed by atoms with E-state index >= 15 is 0 Å². The van der Waals surface area contributed by atoms with Crippen LogP contribution in [0.1, 0.15) is 197 Å². The number of rotatable bonds is 19. The monoisotopic (exact) mass is 701 g/mol. The molecule has 0 N–H and O–H groups in total. The molecule has 2 fully saturated rings. The normalized spacial score (nSPS) is 32.7. The van der Waals surface area contributed by atoms with Gasteiger partial charge in [-0.1, -0.05) is 126 Å². The first kappa shape index (κ1) is 41.9. The first-order valence-electron chi connectivity index (χ1n) is 22.0. The van der Waals surface area contributed by atoms with E-state index in [4.69, 9.17) is 4.74 Å². The Morgan fingerprint density at radius 2 is 1.49 bits per heavy atom. The molecule has 2 heteroatoms. The van der Waals surface area contributed by atoms with Crippen molar-refractivity contribution in [3.8, 4) is 0 Å². The zero-order valence-corrected chi connectivity index (χ0v) is 35.0. The van der Waals surface area contributed by atoms with Crippen molar-refractivity contribution in [2.24, 2.45) is 39.9 Å². The summed E-state index contributed by atoms with van der Waals surface area (Å²) < 4.78 is 6.28. The highest BCUT2D eigenvalue weighted by Crippen LogP contribution is 2.71. The van der Waals surface area contributed by atoms with Crippen LogP contribution >= 0.6 is 0 Å². The quantitative estimate of drug-likeness (QED) is 0.0762. The van der Waals surface area contributed by atoms with Gasteiger partial charge in [-0.05, 0) is 163 Å². The number of unbranched alkanes of at least 4 members (excludes halogenated alkanes) is 5. The number of carbonyl (C=O) groups excluding carboxylic acids is 1. The highest BCUT2D eigenvalue weighted by molar-refractivity contribution is 5.69. The number of esters is 1. The van der Waals surface area contributed by atoms with Crippen molar-refractivity contribution < 1.29 is 9.53 Å². The summed E-state index contributed by atoms with van der Waals surface area (Å²) in [5.74, 6) is 2.76. The topological polar surface area (TPSA) is 26.3 Å². The van der Waals surface area contributed by atoms with Crippen LogP contribution < -0.4 is 0 Å². The van der Waals surface area contributed by atoms with Gasteiger partial charge in [0.1, 0.15) is 6.10 Å². The number of allylic oxidation sites excluding steroid dienone is 10. The highest BCUT2D eigenvalue weighted by Gasteiger charge is 2.62. The SMILES string of the molecule is CCC=CCC=CCC=CCCCCCCCC(=O)OC1CCC2(C)C3=C(CCC2C1C)C1(C)CCC(C(C)CCC(CC)=C(C)C)C1(C)CC3. The summed E-state index contributed by atoms with van der Waals surface area (Å²) >= 11 is 0. The maximum Gasteiger partial charge on any atom is 0.306 e. The van der Waals surface area contributed by atoms with E-state index in [0.717, 1.165) is 50.4 Å². The van der Waals surface area contributed by atoms with Crippen LogP contribution in [0.15, 0.2) is 58.7 Å². The second-order valence-electron chi connectivity index (χ2n) is 18.4. The molecule has 0 aromatic carbocycles. The maximum absolute atomic E-state index is 13.0. The lowest BCUT2D eigenvalue weighted by Gasteiger charge is -2.60.